The van der Waals surface area contributed by atoms with Crippen LogP contribution < -0.4 is 9.44 Å². The lowest BCUT2D eigenvalue weighted by Crippen LogP contribution is -2.20. The molecule has 0 saturated carbocycles. The van der Waals surface area contributed by atoms with Gasteiger partial charge >= 0.3 is 0 Å². The Morgan fingerprint density at radius 1 is 0.923 bits per heavy atom. The van der Waals surface area contributed by atoms with Gasteiger partial charge in [-0.2, -0.15) is 0 Å². The molecule has 13 heavy (non-hydrogen) atoms. The molecule has 0 aromatic carbocycles. The molecular weight excluding hydrogens is 202 g/mol. The summed E-state index contributed by atoms with van der Waals surface area (Å²) in [6.07, 6.45) is 0. The molecule has 0 rings (SSSR count). The van der Waals surface area contributed by atoms with Crippen LogP contribution in [0.2, 0.25) is 0 Å². The predicted molar refractivity (Wildman–Crippen MR) is 52.4 cm³/mol. The molecule has 0 heterocycles. The van der Waals surface area contributed by atoms with Crippen molar-refractivity contribution in [3.05, 3.63) is 0 Å². The predicted octanol–water partition coefficient (Wildman–Crippen LogP) is 0.327. The maximum Gasteiger partial charge on any atom is 0.0596 e. The lowest BCUT2D eigenvalue weighted by molar-refractivity contribution is 0.203. The third kappa shape index (κ3) is 18.8. The summed E-state index contributed by atoms with van der Waals surface area (Å²) in [5.41, 5.74) is 0. The second-order valence-corrected chi connectivity index (χ2v) is 2.66. The first kappa shape index (κ1) is 18.8. The van der Waals surface area contributed by atoms with Gasteiger partial charge in [0, 0.05) is 39.4 Å². The minimum Gasteiger partial charge on any atom is -0.383 e. The van der Waals surface area contributed by atoms with Crippen molar-refractivity contribution in [1.29, 1.82) is 0 Å². The first-order valence-corrected chi connectivity index (χ1v) is 4.33. The standard InChI is InChI=1S/C6H16N2O2S.2FH/c1-9-5-3-7-11-8-4-6-10-2;;/h7-8H,3-6H2,1-2H3;2*1H. The van der Waals surface area contributed by atoms with E-state index in [0.717, 1.165) is 26.3 Å². The Balaban J connectivity index is -0.000000500. The minimum atomic E-state index is 0. The van der Waals surface area contributed by atoms with Gasteiger partial charge in [0.2, 0.25) is 0 Å². The molecule has 0 bridgehead atoms. The van der Waals surface area contributed by atoms with E-state index < -0.39 is 0 Å². The summed E-state index contributed by atoms with van der Waals surface area (Å²) in [7, 11) is 3.37. The van der Waals surface area contributed by atoms with Crippen LogP contribution in [0.3, 0.4) is 0 Å². The van der Waals surface area contributed by atoms with E-state index in [2.05, 4.69) is 9.44 Å². The quantitative estimate of drug-likeness (QED) is 0.456. The summed E-state index contributed by atoms with van der Waals surface area (Å²) in [6.45, 7) is 3.17. The van der Waals surface area contributed by atoms with Crippen LogP contribution in [0, 0.1) is 0 Å². The van der Waals surface area contributed by atoms with E-state index in [1.807, 2.05) is 0 Å². The fraction of sp³-hybridized carbons (Fsp3) is 1.00. The molecule has 0 aromatic heterocycles. The molecule has 0 spiro atoms. The van der Waals surface area contributed by atoms with Crippen LogP contribution >= 0.6 is 12.1 Å². The van der Waals surface area contributed by atoms with E-state index in [0.29, 0.717) is 0 Å². The van der Waals surface area contributed by atoms with Crippen molar-refractivity contribution in [3.63, 3.8) is 0 Å². The fourth-order valence-electron chi connectivity index (χ4n) is 0.441. The molecule has 4 nitrogen and oxygen atoms in total. The zero-order chi connectivity index (χ0) is 8.36. The van der Waals surface area contributed by atoms with Crippen molar-refractivity contribution in [2.45, 2.75) is 0 Å². The van der Waals surface area contributed by atoms with Crippen molar-refractivity contribution < 1.29 is 18.9 Å². The lowest BCUT2D eigenvalue weighted by Gasteiger charge is -2.03. The average molecular weight is 220 g/mol. The lowest BCUT2D eigenvalue weighted by atomic mass is 10.7. The molecule has 0 amide bonds. The molecule has 0 unspecified atom stereocenters. The third-order valence-electron chi connectivity index (χ3n) is 0.961. The maximum absolute atomic E-state index is 4.84. The average Bonchev–Trinajstić information content (AvgIpc) is 2.03. The molecule has 7 heteroatoms. The van der Waals surface area contributed by atoms with Crippen LogP contribution in [-0.2, 0) is 9.47 Å². The van der Waals surface area contributed by atoms with E-state index in [4.69, 9.17) is 9.47 Å². The molecule has 0 atom stereocenters. The van der Waals surface area contributed by atoms with Crippen LogP contribution in [0.25, 0.3) is 0 Å². The molecule has 0 saturated heterocycles. The van der Waals surface area contributed by atoms with Crippen molar-refractivity contribution in [2.24, 2.45) is 0 Å². The molecule has 0 aliphatic rings. The fourth-order valence-corrected chi connectivity index (χ4v) is 0.913. The van der Waals surface area contributed by atoms with Gasteiger partial charge in [0.05, 0.1) is 13.2 Å². The van der Waals surface area contributed by atoms with Crippen molar-refractivity contribution in [1.82, 2.24) is 9.44 Å². The summed E-state index contributed by atoms with van der Waals surface area (Å²) in [5, 5.41) is 0. The van der Waals surface area contributed by atoms with Gasteiger partial charge in [0.1, 0.15) is 0 Å². The van der Waals surface area contributed by atoms with Gasteiger partial charge in [-0.15, -0.1) is 0 Å². The zero-order valence-electron chi connectivity index (χ0n) is 7.87. The highest BCUT2D eigenvalue weighted by Crippen LogP contribution is 1.82. The van der Waals surface area contributed by atoms with Crippen molar-refractivity contribution >= 4 is 12.1 Å². The number of nitrogens with one attached hydrogen (secondary N) is 2. The summed E-state index contributed by atoms with van der Waals surface area (Å²) in [5.74, 6) is 0. The molecule has 0 fully saturated rings. The third-order valence-corrected chi connectivity index (χ3v) is 1.66. The van der Waals surface area contributed by atoms with Gasteiger partial charge in [0.15, 0.2) is 0 Å². The number of hydrogen-bond acceptors (Lipinski definition) is 5. The van der Waals surface area contributed by atoms with Gasteiger partial charge in [-0.25, -0.2) is 9.44 Å². The first-order valence-electron chi connectivity index (χ1n) is 3.51. The normalized spacial score (nSPS) is 8.77. The van der Waals surface area contributed by atoms with Gasteiger partial charge in [-0.1, -0.05) is 0 Å². The van der Waals surface area contributed by atoms with Crippen LogP contribution in [0.4, 0.5) is 9.41 Å². The maximum atomic E-state index is 4.84. The van der Waals surface area contributed by atoms with Gasteiger partial charge in [-0.05, 0) is 0 Å². The second kappa shape index (κ2) is 18.0. The van der Waals surface area contributed by atoms with Crippen molar-refractivity contribution in [3.8, 4) is 0 Å². The number of methoxy groups -OCH3 is 2. The summed E-state index contributed by atoms with van der Waals surface area (Å²) in [6, 6.07) is 0. The summed E-state index contributed by atoms with van der Waals surface area (Å²) < 4.78 is 15.8. The molecule has 0 aliphatic carbocycles. The topological polar surface area (TPSA) is 42.5 Å². The molecule has 2 N–H and O–H groups in total. The van der Waals surface area contributed by atoms with Crippen LogP contribution in [-0.4, -0.2) is 40.5 Å². The Morgan fingerprint density at radius 2 is 1.31 bits per heavy atom. The highest BCUT2D eigenvalue weighted by Gasteiger charge is 1.86. The Kier molecular flexibility index (Phi) is 25.9. The Bertz CT molecular complexity index is 75.7. The molecule has 0 radical (unpaired) electrons. The largest absolute Gasteiger partial charge is 0.383 e. The van der Waals surface area contributed by atoms with E-state index >= 15 is 0 Å². The second-order valence-electron chi connectivity index (χ2n) is 1.88. The Morgan fingerprint density at radius 3 is 1.62 bits per heavy atom. The molecule has 0 aliphatic heterocycles. The van der Waals surface area contributed by atoms with E-state index in [1.54, 1.807) is 14.2 Å². The van der Waals surface area contributed by atoms with E-state index in [9.17, 15) is 0 Å². The Labute approximate surface area is 81.7 Å². The van der Waals surface area contributed by atoms with Gasteiger partial charge in [-0.3, -0.25) is 9.41 Å². The molecule has 0 aromatic rings. The highest BCUT2D eigenvalue weighted by molar-refractivity contribution is 7.95. The van der Waals surface area contributed by atoms with Gasteiger partial charge in [0.25, 0.3) is 0 Å². The first-order chi connectivity index (χ1) is 5.41. The Hall–Kier alpha value is 0.0500. The van der Waals surface area contributed by atoms with Crippen molar-refractivity contribution in [2.75, 3.05) is 40.5 Å². The van der Waals surface area contributed by atoms with E-state index in [1.165, 1.54) is 12.1 Å². The monoisotopic (exact) mass is 220 g/mol. The van der Waals surface area contributed by atoms with E-state index in [-0.39, 0.29) is 9.41 Å². The number of rotatable bonds is 8. The molecule has 84 valence electrons. The summed E-state index contributed by atoms with van der Waals surface area (Å²) in [4.78, 5) is 0. The number of hydrogen-bond donors (Lipinski definition) is 2. The van der Waals surface area contributed by atoms with Crippen LogP contribution in [0.1, 0.15) is 0 Å². The molecular formula is C6H18F2N2O2S. The SMILES string of the molecule is COCCNSNCCOC.F.F. The number of ether oxygens (including phenoxy) is 2. The number of halogens is 2. The van der Waals surface area contributed by atoms with Gasteiger partial charge < -0.3 is 9.47 Å². The zero-order valence-corrected chi connectivity index (χ0v) is 8.69. The minimum absolute atomic E-state index is 0. The highest BCUT2D eigenvalue weighted by atomic mass is 32.2. The van der Waals surface area contributed by atoms with Crippen LogP contribution in [0.15, 0.2) is 0 Å². The smallest absolute Gasteiger partial charge is 0.0596 e. The summed E-state index contributed by atoms with van der Waals surface area (Å²) >= 11 is 1.47. The van der Waals surface area contributed by atoms with Crippen LogP contribution in [0.5, 0.6) is 0 Å².